The van der Waals surface area contributed by atoms with Gasteiger partial charge in [0.25, 0.3) is 5.91 Å². The molecule has 0 saturated carbocycles. The molecule has 104 valence electrons. The number of hydrogen-bond donors (Lipinski definition) is 1. The predicted molar refractivity (Wildman–Crippen MR) is 79.8 cm³/mol. The molecular weight excluding hydrogens is 250 g/mol. The molecule has 0 heterocycles. The van der Waals surface area contributed by atoms with Crippen LogP contribution in [0.2, 0.25) is 0 Å². The van der Waals surface area contributed by atoms with E-state index < -0.39 is 0 Å². The Balaban J connectivity index is 1.73. The van der Waals surface area contributed by atoms with E-state index in [0.29, 0.717) is 12.3 Å². The van der Waals surface area contributed by atoms with Crippen LogP contribution in [0.3, 0.4) is 0 Å². The van der Waals surface area contributed by atoms with E-state index in [9.17, 15) is 4.79 Å². The second-order valence-corrected chi connectivity index (χ2v) is 4.72. The van der Waals surface area contributed by atoms with E-state index in [4.69, 9.17) is 4.74 Å². The third kappa shape index (κ3) is 4.43. The Morgan fingerprint density at radius 1 is 1.05 bits per heavy atom. The fraction of sp³-hybridized carbons (Fsp3) is 0.235. The Morgan fingerprint density at radius 2 is 1.65 bits per heavy atom. The molecule has 2 rings (SSSR count). The van der Waals surface area contributed by atoms with Crippen LogP contribution in [0, 0.1) is 0 Å². The van der Waals surface area contributed by atoms with Gasteiger partial charge in [-0.1, -0.05) is 55.5 Å². The Labute approximate surface area is 119 Å². The first-order chi connectivity index (χ1) is 9.75. The van der Waals surface area contributed by atoms with Crippen molar-refractivity contribution in [2.24, 2.45) is 0 Å². The number of para-hydroxylation sites is 1. The SMILES string of the molecule is C[C@H](CNC(=O)COc1ccccc1)c1ccccc1. The summed E-state index contributed by atoms with van der Waals surface area (Å²) in [6.07, 6.45) is 0. The number of benzene rings is 2. The molecule has 1 amide bonds. The van der Waals surface area contributed by atoms with Gasteiger partial charge in [-0.3, -0.25) is 4.79 Å². The molecule has 0 spiro atoms. The van der Waals surface area contributed by atoms with Gasteiger partial charge in [-0.05, 0) is 23.6 Å². The third-order valence-electron chi connectivity index (χ3n) is 3.09. The van der Waals surface area contributed by atoms with E-state index in [-0.39, 0.29) is 18.4 Å². The number of nitrogens with one attached hydrogen (secondary N) is 1. The van der Waals surface area contributed by atoms with Crippen molar-refractivity contribution in [3.05, 3.63) is 66.2 Å². The smallest absolute Gasteiger partial charge is 0.257 e. The summed E-state index contributed by atoms with van der Waals surface area (Å²) in [5.41, 5.74) is 1.22. The molecule has 0 aliphatic carbocycles. The van der Waals surface area contributed by atoms with Gasteiger partial charge in [0.2, 0.25) is 0 Å². The highest BCUT2D eigenvalue weighted by atomic mass is 16.5. The summed E-state index contributed by atoms with van der Waals surface area (Å²) in [6.45, 7) is 2.75. The number of rotatable bonds is 6. The molecule has 3 heteroatoms. The van der Waals surface area contributed by atoms with Gasteiger partial charge in [-0.15, -0.1) is 0 Å². The Hall–Kier alpha value is -2.29. The van der Waals surface area contributed by atoms with Crippen LogP contribution in [-0.2, 0) is 4.79 Å². The van der Waals surface area contributed by atoms with E-state index >= 15 is 0 Å². The van der Waals surface area contributed by atoms with Crippen LogP contribution in [0.25, 0.3) is 0 Å². The predicted octanol–water partition coefficient (Wildman–Crippen LogP) is 2.99. The van der Waals surface area contributed by atoms with Crippen LogP contribution in [0.15, 0.2) is 60.7 Å². The van der Waals surface area contributed by atoms with Crippen LogP contribution in [0.4, 0.5) is 0 Å². The van der Waals surface area contributed by atoms with Gasteiger partial charge in [0.15, 0.2) is 6.61 Å². The minimum absolute atomic E-state index is 0.0471. The molecule has 20 heavy (non-hydrogen) atoms. The van der Waals surface area contributed by atoms with Crippen molar-refractivity contribution in [3.8, 4) is 5.75 Å². The number of carbonyl (C=O) groups excluding carboxylic acids is 1. The van der Waals surface area contributed by atoms with Crippen molar-refractivity contribution in [1.82, 2.24) is 5.32 Å². The molecule has 0 aromatic heterocycles. The molecule has 0 aliphatic rings. The van der Waals surface area contributed by atoms with Gasteiger partial charge in [-0.25, -0.2) is 0 Å². The monoisotopic (exact) mass is 269 g/mol. The maximum absolute atomic E-state index is 11.7. The number of carbonyl (C=O) groups is 1. The zero-order chi connectivity index (χ0) is 14.2. The van der Waals surface area contributed by atoms with E-state index in [2.05, 4.69) is 24.4 Å². The van der Waals surface area contributed by atoms with Crippen LogP contribution in [-0.4, -0.2) is 19.1 Å². The van der Waals surface area contributed by atoms with Crippen molar-refractivity contribution in [3.63, 3.8) is 0 Å². The highest BCUT2D eigenvalue weighted by molar-refractivity contribution is 5.77. The Bertz CT molecular complexity index is 525. The van der Waals surface area contributed by atoms with E-state index in [0.717, 1.165) is 0 Å². The van der Waals surface area contributed by atoms with E-state index in [1.807, 2.05) is 48.5 Å². The Morgan fingerprint density at radius 3 is 2.30 bits per heavy atom. The lowest BCUT2D eigenvalue weighted by Gasteiger charge is -2.13. The molecular formula is C17H19NO2. The van der Waals surface area contributed by atoms with Crippen molar-refractivity contribution in [2.75, 3.05) is 13.2 Å². The third-order valence-corrected chi connectivity index (χ3v) is 3.09. The summed E-state index contributed by atoms with van der Waals surface area (Å²) in [4.78, 5) is 11.7. The van der Waals surface area contributed by atoms with Crippen LogP contribution < -0.4 is 10.1 Å². The lowest BCUT2D eigenvalue weighted by Crippen LogP contribution is -2.31. The molecule has 0 saturated heterocycles. The van der Waals surface area contributed by atoms with Crippen LogP contribution in [0.1, 0.15) is 18.4 Å². The van der Waals surface area contributed by atoms with Crippen molar-refractivity contribution < 1.29 is 9.53 Å². The summed E-state index contributed by atoms with van der Waals surface area (Å²) < 4.78 is 5.39. The largest absolute Gasteiger partial charge is 0.484 e. The van der Waals surface area contributed by atoms with Crippen LogP contribution in [0.5, 0.6) is 5.75 Å². The number of amides is 1. The van der Waals surface area contributed by atoms with E-state index in [1.165, 1.54) is 5.56 Å². The summed E-state index contributed by atoms with van der Waals surface area (Å²) in [6, 6.07) is 19.5. The average Bonchev–Trinajstić information content (AvgIpc) is 2.52. The molecule has 3 nitrogen and oxygen atoms in total. The minimum atomic E-state index is -0.100. The normalized spacial score (nSPS) is 11.7. The lowest BCUT2D eigenvalue weighted by atomic mass is 10.0. The summed E-state index contributed by atoms with van der Waals surface area (Å²) in [5.74, 6) is 0.896. The van der Waals surface area contributed by atoms with Crippen molar-refractivity contribution in [2.45, 2.75) is 12.8 Å². The summed E-state index contributed by atoms with van der Waals surface area (Å²) in [7, 11) is 0. The molecule has 0 bridgehead atoms. The lowest BCUT2D eigenvalue weighted by molar-refractivity contribution is -0.123. The fourth-order valence-electron chi connectivity index (χ4n) is 1.88. The first kappa shape index (κ1) is 14.1. The van der Waals surface area contributed by atoms with Gasteiger partial charge in [-0.2, -0.15) is 0 Å². The van der Waals surface area contributed by atoms with Gasteiger partial charge in [0.1, 0.15) is 5.75 Å². The second-order valence-electron chi connectivity index (χ2n) is 4.72. The van der Waals surface area contributed by atoms with Crippen molar-refractivity contribution in [1.29, 1.82) is 0 Å². The van der Waals surface area contributed by atoms with Gasteiger partial charge in [0.05, 0.1) is 0 Å². The molecule has 0 unspecified atom stereocenters. The fourth-order valence-corrected chi connectivity index (χ4v) is 1.88. The maximum Gasteiger partial charge on any atom is 0.257 e. The second kappa shape index (κ2) is 7.34. The number of ether oxygens (including phenoxy) is 1. The molecule has 0 fully saturated rings. The molecule has 2 aromatic rings. The van der Waals surface area contributed by atoms with Gasteiger partial charge in [0, 0.05) is 6.54 Å². The topological polar surface area (TPSA) is 38.3 Å². The standard InChI is InChI=1S/C17H19NO2/c1-14(15-8-4-2-5-9-15)12-18-17(19)13-20-16-10-6-3-7-11-16/h2-11,14H,12-13H2,1H3,(H,18,19)/t14-/m1/s1. The maximum atomic E-state index is 11.7. The zero-order valence-corrected chi connectivity index (χ0v) is 11.6. The first-order valence-corrected chi connectivity index (χ1v) is 6.75. The molecule has 1 atom stereocenters. The molecule has 1 N–H and O–H groups in total. The zero-order valence-electron chi connectivity index (χ0n) is 11.6. The van der Waals surface area contributed by atoms with Gasteiger partial charge < -0.3 is 10.1 Å². The minimum Gasteiger partial charge on any atom is -0.484 e. The highest BCUT2D eigenvalue weighted by Crippen LogP contribution is 2.13. The molecule has 2 aromatic carbocycles. The van der Waals surface area contributed by atoms with Gasteiger partial charge >= 0.3 is 0 Å². The van der Waals surface area contributed by atoms with Crippen molar-refractivity contribution >= 4 is 5.91 Å². The highest BCUT2D eigenvalue weighted by Gasteiger charge is 2.07. The molecule has 0 radical (unpaired) electrons. The average molecular weight is 269 g/mol. The number of hydrogen-bond acceptors (Lipinski definition) is 2. The summed E-state index contributed by atoms with van der Waals surface area (Å²) in [5, 5.41) is 2.89. The molecule has 0 aliphatic heterocycles. The van der Waals surface area contributed by atoms with Crippen LogP contribution >= 0.6 is 0 Å². The van der Waals surface area contributed by atoms with E-state index in [1.54, 1.807) is 0 Å². The Kier molecular flexibility index (Phi) is 5.18. The summed E-state index contributed by atoms with van der Waals surface area (Å²) >= 11 is 0. The quantitative estimate of drug-likeness (QED) is 0.875. The first-order valence-electron chi connectivity index (χ1n) is 6.75.